The second-order valence-corrected chi connectivity index (χ2v) is 11.1. The van der Waals surface area contributed by atoms with Crippen LogP contribution in [0, 0.1) is 30.5 Å². The monoisotopic (exact) mass is 528 g/mol. The van der Waals surface area contributed by atoms with Gasteiger partial charge in [-0.3, -0.25) is 9.36 Å². The third kappa shape index (κ3) is 5.15. The topological polar surface area (TPSA) is 75.1 Å². The van der Waals surface area contributed by atoms with Crippen molar-refractivity contribution in [2.75, 3.05) is 29.9 Å². The Hall–Kier alpha value is -3.74. The highest BCUT2D eigenvalue weighted by molar-refractivity contribution is 7.10. The zero-order chi connectivity index (χ0) is 26.2. The van der Waals surface area contributed by atoms with Crippen LogP contribution in [0.1, 0.15) is 35.8 Å². The van der Waals surface area contributed by atoms with E-state index in [0.29, 0.717) is 47.0 Å². The highest BCUT2D eigenvalue weighted by atomic mass is 32.1. The first-order valence-corrected chi connectivity index (χ1v) is 13.8. The van der Waals surface area contributed by atoms with Crippen molar-refractivity contribution < 1.29 is 4.39 Å². The number of piperazine rings is 1. The van der Waals surface area contributed by atoms with Crippen molar-refractivity contribution in [2.24, 2.45) is 5.92 Å². The number of hydrogen-bond acceptors (Lipinski definition) is 7. The van der Waals surface area contributed by atoms with Crippen LogP contribution in [0.25, 0.3) is 11.0 Å². The molecule has 1 unspecified atom stereocenters. The molecule has 1 aromatic carbocycles. The number of rotatable bonds is 5. The number of nitrogens with one attached hydrogen (secondary N) is 2. The Balaban J connectivity index is 1.34. The fraction of sp³-hybridized carbons (Fsp3) is 0.345. The number of anilines is 3. The molecule has 38 heavy (non-hydrogen) atoms. The molecule has 6 rings (SSSR count). The van der Waals surface area contributed by atoms with Gasteiger partial charge in [-0.1, -0.05) is 11.8 Å². The summed E-state index contributed by atoms with van der Waals surface area (Å²) < 4.78 is 16.7. The van der Waals surface area contributed by atoms with E-state index in [1.807, 2.05) is 24.4 Å². The van der Waals surface area contributed by atoms with E-state index in [1.54, 1.807) is 34.2 Å². The van der Waals surface area contributed by atoms with E-state index in [1.165, 1.54) is 6.07 Å². The van der Waals surface area contributed by atoms with Crippen molar-refractivity contribution in [3.05, 3.63) is 74.1 Å². The summed E-state index contributed by atoms with van der Waals surface area (Å²) in [6, 6.07) is 9.22. The Labute approximate surface area is 224 Å². The molecule has 3 aromatic heterocycles. The maximum Gasteiger partial charge on any atom is 0.268 e. The Bertz CT molecular complexity index is 1630. The van der Waals surface area contributed by atoms with Crippen molar-refractivity contribution in [1.82, 2.24) is 19.9 Å². The van der Waals surface area contributed by atoms with Gasteiger partial charge >= 0.3 is 0 Å². The van der Waals surface area contributed by atoms with Crippen LogP contribution in [0.5, 0.6) is 0 Å². The molecule has 2 fully saturated rings. The number of pyridine rings is 1. The van der Waals surface area contributed by atoms with E-state index in [9.17, 15) is 4.79 Å². The van der Waals surface area contributed by atoms with Crippen LogP contribution in [0.2, 0.25) is 0 Å². The molecule has 2 N–H and O–H groups in total. The van der Waals surface area contributed by atoms with Crippen LogP contribution in [0.3, 0.4) is 0 Å². The minimum atomic E-state index is -0.297. The molecule has 1 atom stereocenters. The van der Waals surface area contributed by atoms with Crippen LogP contribution >= 0.6 is 11.3 Å². The van der Waals surface area contributed by atoms with Crippen molar-refractivity contribution >= 4 is 39.7 Å². The molecule has 4 heterocycles. The first-order valence-electron chi connectivity index (χ1n) is 12.9. The molecule has 0 amide bonds. The molecule has 2 aliphatic rings. The standard InChI is InChI=1S/C29H29FN6OS/c1-18-9-12-38-26(18)17-36-27-22(13-21(28(36)37)6-5-20-3-4-20)15-32-29(34-27)33-23-7-8-25(24(30)14-23)35-11-10-31-19(2)16-35/h7-9,12-15,19-20,31H,3-4,10-11,16-17H2,1-2H3,(H,32,33,34). The van der Waals surface area contributed by atoms with Crippen molar-refractivity contribution in [1.29, 1.82) is 0 Å². The molecule has 4 aromatic rings. The Morgan fingerprint density at radius 2 is 2.13 bits per heavy atom. The molecule has 194 valence electrons. The highest BCUT2D eigenvalue weighted by Crippen LogP contribution is 2.28. The average Bonchev–Trinajstić information content (AvgIpc) is 3.65. The smallest absolute Gasteiger partial charge is 0.268 e. The van der Waals surface area contributed by atoms with Gasteiger partial charge in [-0.15, -0.1) is 11.3 Å². The lowest BCUT2D eigenvalue weighted by atomic mass is 10.2. The summed E-state index contributed by atoms with van der Waals surface area (Å²) in [5, 5.41) is 9.26. The van der Waals surface area contributed by atoms with E-state index in [2.05, 4.69) is 39.3 Å². The largest absolute Gasteiger partial charge is 0.366 e. The number of benzene rings is 1. The Morgan fingerprint density at radius 3 is 2.87 bits per heavy atom. The Kier molecular flexibility index (Phi) is 6.60. The third-order valence-corrected chi connectivity index (χ3v) is 8.01. The van der Waals surface area contributed by atoms with E-state index < -0.39 is 0 Å². The van der Waals surface area contributed by atoms with E-state index in [0.717, 1.165) is 48.3 Å². The predicted octanol–water partition coefficient (Wildman–Crippen LogP) is 4.65. The van der Waals surface area contributed by atoms with Crippen LogP contribution < -0.4 is 21.1 Å². The fourth-order valence-corrected chi connectivity index (χ4v) is 5.59. The quantitative estimate of drug-likeness (QED) is 0.368. The predicted molar refractivity (Wildman–Crippen MR) is 151 cm³/mol. The Morgan fingerprint density at radius 1 is 1.26 bits per heavy atom. The van der Waals surface area contributed by atoms with Crippen LogP contribution in [-0.4, -0.2) is 40.2 Å². The number of nitrogens with zero attached hydrogens (tertiary/aromatic N) is 4. The van der Waals surface area contributed by atoms with Crippen LogP contribution in [-0.2, 0) is 6.54 Å². The summed E-state index contributed by atoms with van der Waals surface area (Å²) in [6.07, 6.45) is 3.88. The number of fused-ring (bicyclic) bond motifs is 1. The minimum absolute atomic E-state index is 0.163. The molecule has 0 spiro atoms. The maximum absolute atomic E-state index is 15.1. The molecule has 1 saturated carbocycles. The average molecular weight is 529 g/mol. The lowest BCUT2D eigenvalue weighted by Gasteiger charge is -2.33. The lowest BCUT2D eigenvalue weighted by Crippen LogP contribution is -2.49. The first-order chi connectivity index (χ1) is 18.4. The summed E-state index contributed by atoms with van der Waals surface area (Å²) in [5.41, 5.74) is 3.08. The lowest BCUT2D eigenvalue weighted by molar-refractivity contribution is 0.478. The molecular weight excluding hydrogens is 499 g/mol. The summed E-state index contributed by atoms with van der Waals surface area (Å²) in [4.78, 5) is 25.8. The zero-order valence-electron chi connectivity index (χ0n) is 21.4. The van der Waals surface area contributed by atoms with Gasteiger partial charge in [0.05, 0.1) is 17.8 Å². The van der Waals surface area contributed by atoms with Gasteiger partial charge in [0, 0.05) is 53.7 Å². The number of aryl methyl sites for hydroxylation is 1. The second kappa shape index (κ2) is 10.2. The van der Waals surface area contributed by atoms with Crippen LogP contribution in [0.4, 0.5) is 21.7 Å². The summed E-state index contributed by atoms with van der Waals surface area (Å²) in [7, 11) is 0. The molecular formula is C29H29FN6OS. The van der Waals surface area contributed by atoms with Gasteiger partial charge in [0.25, 0.3) is 5.56 Å². The van der Waals surface area contributed by atoms with Crippen molar-refractivity contribution in [3.63, 3.8) is 0 Å². The molecule has 9 heteroatoms. The van der Waals surface area contributed by atoms with Gasteiger partial charge < -0.3 is 15.5 Å². The normalized spacial score (nSPS) is 17.3. The minimum Gasteiger partial charge on any atom is -0.366 e. The highest BCUT2D eigenvalue weighted by Gasteiger charge is 2.20. The van der Waals surface area contributed by atoms with Crippen LogP contribution in [0.15, 0.2) is 46.7 Å². The van der Waals surface area contributed by atoms with E-state index >= 15 is 4.39 Å². The van der Waals surface area contributed by atoms with E-state index in [4.69, 9.17) is 4.98 Å². The van der Waals surface area contributed by atoms with Gasteiger partial charge in [0.2, 0.25) is 5.95 Å². The third-order valence-electron chi connectivity index (χ3n) is 7.00. The molecule has 1 saturated heterocycles. The SMILES string of the molecule is Cc1ccsc1Cn1c(=O)c(C#CC2CC2)cc2cnc(Nc3ccc(N4CCNC(C)C4)c(F)c3)nc21. The number of hydrogen-bond donors (Lipinski definition) is 2. The summed E-state index contributed by atoms with van der Waals surface area (Å²) >= 11 is 1.61. The van der Waals surface area contributed by atoms with Gasteiger partial charge in [-0.25, -0.2) is 9.37 Å². The maximum atomic E-state index is 15.1. The number of thiophene rings is 1. The number of aromatic nitrogens is 3. The molecule has 7 nitrogen and oxygen atoms in total. The van der Waals surface area contributed by atoms with Gasteiger partial charge in [-0.05, 0) is 68.0 Å². The molecule has 1 aliphatic carbocycles. The second-order valence-electron chi connectivity index (χ2n) is 10.1. The van der Waals surface area contributed by atoms with Crippen molar-refractivity contribution in [2.45, 2.75) is 39.3 Å². The first kappa shape index (κ1) is 24.6. The summed E-state index contributed by atoms with van der Waals surface area (Å²) in [6.45, 7) is 6.88. The van der Waals surface area contributed by atoms with Crippen molar-refractivity contribution in [3.8, 4) is 11.8 Å². The molecule has 0 radical (unpaired) electrons. The molecule has 0 bridgehead atoms. The van der Waals surface area contributed by atoms with Gasteiger partial charge in [-0.2, -0.15) is 4.98 Å². The van der Waals surface area contributed by atoms with E-state index in [-0.39, 0.29) is 11.4 Å². The number of halogens is 1. The molecule has 1 aliphatic heterocycles. The van der Waals surface area contributed by atoms with Gasteiger partial charge in [0.1, 0.15) is 11.5 Å². The summed E-state index contributed by atoms with van der Waals surface area (Å²) in [5.74, 6) is 6.69. The fourth-order valence-electron chi connectivity index (χ4n) is 4.69. The van der Waals surface area contributed by atoms with Gasteiger partial charge in [0.15, 0.2) is 0 Å². The zero-order valence-corrected chi connectivity index (χ0v) is 22.2.